The monoisotopic (exact) mass is 1250 g/mol. The van der Waals surface area contributed by atoms with Crippen LogP contribution in [0.2, 0.25) is 0 Å². The topological polar surface area (TPSA) is 125 Å². The van der Waals surface area contributed by atoms with Crippen molar-refractivity contribution in [3.8, 4) is 11.5 Å². The Labute approximate surface area is 420 Å². The first-order valence-corrected chi connectivity index (χ1v) is 23.1. The maximum atomic E-state index is 9.76. The van der Waals surface area contributed by atoms with E-state index in [1.807, 2.05) is 119 Å². The number of ether oxygens (including phenoxy) is 2. The number of hydrogen-bond acceptors (Lipinski definition) is 8. The fraction of sp³-hybridized carbons (Fsp3) is 0.600. The first-order chi connectivity index (χ1) is 29.2. The molecule has 6 rings (SSSR count). The van der Waals surface area contributed by atoms with E-state index >= 15 is 0 Å². The third-order valence-corrected chi connectivity index (χ3v) is 12.0. The summed E-state index contributed by atoms with van der Waals surface area (Å²) >= 11 is 0. The number of pyridine rings is 2. The van der Waals surface area contributed by atoms with Crippen molar-refractivity contribution in [2.24, 2.45) is 27.6 Å². The summed E-state index contributed by atoms with van der Waals surface area (Å²) in [5, 5.41) is 41.3. The molecule has 65 heavy (non-hydrogen) atoms. The van der Waals surface area contributed by atoms with Gasteiger partial charge in [-0.15, -0.1) is 24.5 Å². The van der Waals surface area contributed by atoms with Gasteiger partial charge < -0.3 is 39.9 Å². The van der Waals surface area contributed by atoms with Gasteiger partial charge in [0.1, 0.15) is 11.5 Å². The Morgan fingerprint density at radius 1 is 0.554 bits per heavy atom. The smallest absolute Gasteiger partial charge is 0.120 e. The number of nitrogens with zero attached hydrogens (tertiary/aromatic N) is 2. The number of benzene rings is 2. The van der Waals surface area contributed by atoms with E-state index in [2.05, 4.69) is 43.3 Å². The molecule has 0 spiro atoms. The third-order valence-electron chi connectivity index (χ3n) is 12.0. The summed E-state index contributed by atoms with van der Waals surface area (Å²) in [6.07, 6.45) is 14.4. The van der Waals surface area contributed by atoms with Gasteiger partial charge >= 0.3 is 0 Å². The van der Waals surface area contributed by atoms with E-state index in [0.717, 1.165) is 64.0 Å². The molecule has 10 heteroatoms. The molecule has 2 aliphatic rings. The molecular formula is C55H82Ir2N2O6-2. The minimum Gasteiger partial charge on any atom is -0.497 e. The van der Waals surface area contributed by atoms with Crippen molar-refractivity contribution in [2.75, 3.05) is 14.2 Å². The van der Waals surface area contributed by atoms with Crippen molar-refractivity contribution in [1.29, 1.82) is 0 Å². The molecular weight excluding hydrogens is 1170 g/mol. The Morgan fingerprint density at radius 2 is 0.923 bits per heavy atom. The normalized spacial score (nSPS) is 17.3. The van der Waals surface area contributed by atoms with Gasteiger partial charge in [-0.25, -0.2) is 0 Å². The summed E-state index contributed by atoms with van der Waals surface area (Å²) in [5.74, 6) is 2.26. The van der Waals surface area contributed by atoms with Crippen LogP contribution in [0, 0.1) is 39.7 Å². The van der Waals surface area contributed by atoms with Crippen molar-refractivity contribution in [1.82, 2.24) is 9.97 Å². The molecule has 2 radical (unpaired) electrons. The Bertz CT molecular complexity index is 2020. The summed E-state index contributed by atoms with van der Waals surface area (Å²) in [4.78, 5) is 9.49. The predicted octanol–water partition coefficient (Wildman–Crippen LogP) is 12.6. The van der Waals surface area contributed by atoms with Gasteiger partial charge in [-0.05, 0) is 56.7 Å². The van der Waals surface area contributed by atoms with Crippen molar-refractivity contribution in [3.63, 3.8) is 0 Å². The van der Waals surface area contributed by atoms with Crippen LogP contribution in [-0.4, -0.2) is 69.0 Å². The third kappa shape index (κ3) is 20.3. The van der Waals surface area contributed by atoms with E-state index < -0.39 is 24.4 Å². The summed E-state index contributed by atoms with van der Waals surface area (Å²) in [6, 6.07) is 20.5. The second-order valence-electron chi connectivity index (χ2n) is 21.8. The molecule has 4 N–H and O–H groups in total. The molecule has 2 aromatic heterocycles. The molecule has 0 saturated carbocycles. The maximum absolute atomic E-state index is 9.76. The van der Waals surface area contributed by atoms with Crippen LogP contribution in [0.1, 0.15) is 159 Å². The number of aliphatic hydroxyl groups excluding tert-OH is 4. The minimum atomic E-state index is -0.443. The number of aromatic nitrogens is 2. The number of methoxy groups -OCH3 is 2. The van der Waals surface area contributed by atoms with E-state index in [-0.39, 0.29) is 61.9 Å². The average molecular weight is 1250 g/mol. The van der Waals surface area contributed by atoms with Crippen molar-refractivity contribution in [2.45, 2.75) is 172 Å². The SMILES string of the molecule is CC(C)(C)C(O)CC(O)C(C)(C)C.CC(C)(C)C(O)CC(O)C(C)(C)C.COc1ccc2ccc(C3=[C-]C(C)CCC3)nc2c1.COc1ccc2ccc(C3=[C-]CCCC3)nc2c1.[Ir].[Ir]. The van der Waals surface area contributed by atoms with Crippen molar-refractivity contribution in [3.05, 3.63) is 84.2 Å². The van der Waals surface area contributed by atoms with Crippen LogP contribution >= 0.6 is 0 Å². The van der Waals surface area contributed by atoms with Gasteiger partial charge in [0.2, 0.25) is 0 Å². The van der Waals surface area contributed by atoms with Crippen LogP contribution in [0.3, 0.4) is 0 Å². The molecule has 4 aromatic rings. The molecule has 2 heterocycles. The molecule has 5 unspecified atom stereocenters. The average Bonchev–Trinajstić information content (AvgIpc) is 3.22. The van der Waals surface area contributed by atoms with Gasteiger partial charge in [-0.2, -0.15) is 11.1 Å². The molecule has 0 amide bonds. The molecule has 8 nitrogen and oxygen atoms in total. The molecule has 0 fully saturated rings. The number of aliphatic hydroxyl groups is 4. The molecule has 2 aromatic carbocycles. The van der Waals surface area contributed by atoms with E-state index in [0.29, 0.717) is 18.8 Å². The molecule has 368 valence electrons. The molecule has 5 atom stereocenters. The number of allylic oxidation sites excluding steroid dienone is 4. The van der Waals surface area contributed by atoms with Gasteiger partial charge in [0.25, 0.3) is 0 Å². The van der Waals surface area contributed by atoms with Crippen LogP contribution in [0.4, 0.5) is 0 Å². The van der Waals surface area contributed by atoms with Gasteiger partial charge in [-0.3, -0.25) is 12.2 Å². The molecule has 2 aliphatic carbocycles. The van der Waals surface area contributed by atoms with Crippen LogP contribution in [-0.2, 0) is 40.2 Å². The molecule has 0 saturated heterocycles. The van der Waals surface area contributed by atoms with Gasteiger partial charge in [0.15, 0.2) is 0 Å². The van der Waals surface area contributed by atoms with Gasteiger partial charge in [0, 0.05) is 65.2 Å². The van der Waals surface area contributed by atoms with E-state index in [4.69, 9.17) is 19.4 Å². The number of rotatable bonds is 8. The first-order valence-electron chi connectivity index (χ1n) is 23.1. The number of hydrogen-bond donors (Lipinski definition) is 4. The van der Waals surface area contributed by atoms with Gasteiger partial charge in [0.05, 0.1) is 49.7 Å². The quantitative estimate of drug-likeness (QED) is 0.129. The summed E-state index contributed by atoms with van der Waals surface area (Å²) in [7, 11) is 3.37. The van der Waals surface area contributed by atoms with Crippen LogP contribution in [0.25, 0.3) is 33.0 Å². The zero-order chi connectivity index (χ0) is 47.3. The fourth-order valence-electron chi connectivity index (χ4n) is 6.82. The minimum absolute atomic E-state index is 0. The van der Waals surface area contributed by atoms with Crippen LogP contribution in [0.15, 0.2) is 60.7 Å². The molecule has 0 aliphatic heterocycles. The second-order valence-corrected chi connectivity index (χ2v) is 21.8. The Balaban J connectivity index is 0.000000437. The largest absolute Gasteiger partial charge is 0.497 e. The summed E-state index contributed by atoms with van der Waals surface area (Å²) in [5.41, 5.74) is 6.06. The Kier molecular flexibility index (Phi) is 25.0. The van der Waals surface area contributed by atoms with E-state index in [9.17, 15) is 20.4 Å². The van der Waals surface area contributed by atoms with Crippen molar-refractivity contribution < 1.29 is 70.1 Å². The standard InChI is InChI=1S/C17H18NO.C16H16NO.2C11H24O2.2Ir/c1-12-4-3-5-14(10-12)16-9-7-13-6-8-15(19-2)11-17(13)18-16;1-18-14-9-7-13-8-10-15(17-16(13)11-14)12-5-3-2-4-6-12;2*1-10(2,3)8(12)7-9(13)11(4,5)6;;/h6-9,11-12H,3-5H2,1-2H3;7-11H,2-5H2,1H3;2*8-9,12-13H,7H2,1-6H3;;/q2*-1;;;;. The summed E-state index contributed by atoms with van der Waals surface area (Å²) < 4.78 is 10.5. The zero-order valence-corrected chi connectivity index (χ0v) is 47.0. The van der Waals surface area contributed by atoms with E-state index in [1.165, 1.54) is 36.8 Å². The Morgan fingerprint density at radius 3 is 1.26 bits per heavy atom. The predicted molar refractivity (Wildman–Crippen MR) is 262 cm³/mol. The van der Waals surface area contributed by atoms with Crippen molar-refractivity contribution >= 4 is 33.0 Å². The van der Waals surface area contributed by atoms with Crippen LogP contribution < -0.4 is 9.47 Å². The zero-order valence-electron chi connectivity index (χ0n) is 42.2. The summed E-state index contributed by atoms with van der Waals surface area (Å²) in [6.45, 7) is 26.0. The van der Waals surface area contributed by atoms with Gasteiger partial charge in [-0.1, -0.05) is 152 Å². The maximum Gasteiger partial charge on any atom is 0.120 e. The fourth-order valence-corrected chi connectivity index (χ4v) is 6.82. The van der Waals surface area contributed by atoms with Crippen LogP contribution in [0.5, 0.6) is 11.5 Å². The van der Waals surface area contributed by atoms with E-state index in [1.54, 1.807) is 14.2 Å². The second kappa shape index (κ2) is 26.9. The first kappa shape index (κ1) is 60.5. The Hall–Kier alpha value is -2.52. The molecule has 0 bridgehead atoms. The number of fused-ring (bicyclic) bond motifs is 2.